The summed E-state index contributed by atoms with van der Waals surface area (Å²) in [7, 11) is -0.591. The number of hydrogen-bond donors (Lipinski definition) is 0. The van der Waals surface area contributed by atoms with Gasteiger partial charge in [-0.1, -0.05) is 12.1 Å². The number of benzene rings is 1. The van der Waals surface area contributed by atoms with Crippen molar-refractivity contribution >= 4 is 10.0 Å². The summed E-state index contributed by atoms with van der Waals surface area (Å²) in [4.78, 5) is 4.39. The fraction of sp³-hybridized carbons (Fsp3) is 0.429. The number of aromatic nitrogens is 2. The van der Waals surface area contributed by atoms with Gasteiger partial charge in [-0.3, -0.25) is 0 Å². The van der Waals surface area contributed by atoms with E-state index < -0.39 is 10.0 Å². The monoisotopic (exact) mass is 325 g/mol. The van der Waals surface area contributed by atoms with E-state index in [-0.39, 0.29) is 10.8 Å². The molecule has 0 N–H and O–H groups in total. The highest BCUT2D eigenvalue weighted by Crippen LogP contribution is 2.32. The molecule has 0 saturated carbocycles. The second kappa shape index (κ2) is 6.45. The molecule has 0 fully saturated rings. The van der Waals surface area contributed by atoms with E-state index >= 15 is 0 Å². The molecule has 0 aliphatic rings. The molecule has 0 aliphatic heterocycles. The normalized spacial score (nSPS) is 11.9. The van der Waals surface area contributed by atoms with Crippen LogP contribution >= 0.6 is 0 Å². The van der Waals surface area contributed by atoms with E-state index in [1.807, 2.05) is 13.8 Å². The minimum absolute atomic E-state index is 0.146. The van der Waals surface area contributed by atoms with Crippen molar-refractivity contribution in [1.82, 2.24) is 14.4 Å². The molecule has 1 aromatic carbocycles. The molecule has 1 heterocycles. The van der Waals surface area contributed by atoms with Crippen molar-refractivity contribution in [2.45, 2.75) is 25.2 Å². The highest BCUT2D eigenvalue weighted by atomic mass is 32.2. The van der Waals surface area contributed by atoms with Gasteiger partial charge in [0, 0.05) is 20.5 Å². The zero-order chi connectivity index (χ0) is 16.3. The Morgan fingerprint density at radius 2 is 2.00 bits per heavy atom. The number of sulfonamides is 1. The van der Waals surface area contributed by atoms with Crippen molar-refractivity contribution in [2.75, 3.05) is 20.7 Å². The first kappa shape index (κ1) is 16.4. The Morgan fingerprint density at radius 1 is 1.27 bits per heavy atom. The van der Waals surface area contributed by atoms with Crippen molar-refractivity contribution in [1.29, 1.82) is 0 Å². The predicted molar refractivity (Wildman–Crippen MR) is 81.2 cm³/mol. The first-order chi connectivity index (χ1) is 10.4. The maximum absolute atomic E-state index is 12.3. The van der Waals surface area contributed by atoms with Crippen molar-refractivity contribution in [3.8, 4) is 17.2 Å². The molecule has 120 valence electrons. The third-order valence-corrected chi connectivity index (χ3v) is 4.86. The zero-order valence-corrected chi connectivity index (χ0v) is 13.8. The Labute approximate surface area is 129 Å². The van der Waals surface area contributed by atoms with Crippen LogP contribution in [0.1, 0.15) is 19.7 Å². The quantitative estimate of drug-likeness (QED) is 0.807. The molecular weight excluding hydrogens is 306 g/mol. The lowest BCUT2D eigenvalue weighted by molar-refractivity contribution is 0.339. The lowest BCUT2D eigenvalue weighted by Gasteiger charge is -2.13. The Morgan fingerprint density at radius 3 is 2.55 bits per heavy atom. The fourth-order valence-electron chi connectivity index (χ4n) is 1.84. The number of nitrogens with zero attached hydrogens (tertiary/aromatic N) is 3. The molecule has 0 amide bonds. The molecule has 0 aliphatic carbocycles. The summed E-state index contributed by atoms with van der Waals surface area (Å²) in [6.45, 7) is 4.20. The first-order valence-electron chi connectivity index (χ1n) is 6.92. The smallest absolute Gasteiger partial charge is 0.261 e. The van der Waals surface area contributed by atoms with Crippen molar-refractivity contribution in [3.63, 3.8) is 0 Å². The molecule has 0 spiro atoms. The van der Waals surface area contributed by atoms with Crippen molar-refractivity contribution in [3.05, 3.63) is 24.0 Å². The molecule has 0 radical (unpaired) electrons. The molecule has 1 aromatic heterocycles. The number of ether oxygens (including phenoxy) is 1. The predicted octanol–water partition coefficient (Wildman–Crippen LogP) is 1.95. The highest BCUT2D eigenvalue weighted by Gasteiger charge is 2.22. The van der Waals surface area contributed by atoms with Gasteiger partial charge < -0.3 is 9.26 Å². The molecule has 22 heavy (non-hydrogen) atoms. The van der Waals surface area contributed by atoms with Crippen LogP contribution < -0.4 is 4.74 Å². The van der Waals surface area contributed by atoms with E-state index in [0.29, 0.717) is 30.2 Å². The number of hydrogen-bond acceptors (Lipinski definition) is 6. The summed E-state index contributed by atoms with van der Waals surface area (Å²) in [5, 5.41) is 3.84. The standard InChI is InChI=1S/C14H19N3O4S/c1-5-13-15-14(21-16-13)11-9-10(22(18,19)17(3)4)7-8-12(11)20-6-2/h7-9H,5-6H2,1-4H3. The maximum Gasteiger partial charge on any atom is 0.261 e. The number of rotatable bonds is 6. The summed E-state index contributed by atoms with van der Waals surface area (Å²) in [6.07, 6.45) is 0.628. The highest BCUT2D eigenvalue weighted by molar-refractivity contribution is 7.89. The van der Waals surface area contributed by atoms with Gasteiger partial charge in [-0.25, -0.2) is 12.7 Å². The van der Waals surface area contributed by atoms with Gasteiger partial charge >= 0.3 is 0 Å². The van der Waals surface area contributed by atoms with Crippen LogP contribution in [0, 0.1) is 0 Å². The molecule has 8 heteroatoms. The largest absolute Gasteiger partial charge is 0.493 e. The lowest BCUT2D eigenvalue weighted by atomic mass is 10.2. The molecule has 0 unspecified atom stereocenters. The van der Waals surface area contributed by atoms with Crippen LogP contribution in [0.3, 0.4) is 0 Å². The van der Waals surface area contributed by atoms with Gasteiger partial charge in [0.15, 0.2) is 5.82 Å². The molecule has 2 aromatic rings. The van der Waals surface area contributed by atoms with Crippen molar-refractivity contribution in [2.24, 2.45) is 0 Å². The average Bonchev–Trinajstić information content (AvgIpc) is 2.96. The van der Waals surface area contributed by atoms with Crippen molar-refractivity contribution < 1.29 is 17.7 Å². The molecule has 0 bridgehead atoms. The maximum atomic E-state index is 12.3. The van der Waals surface area contributed by atoms with Crippen LogP contribution in [0.4, 0.5) is 0 Å². The van der Waals surface area contributed by atoms with Gasteiger partial charge in [0.1, 0.15) is 5.75 Å². The van der Waals surface area contributed by atoms with Crippen LogP contribution in [-0.2, 0) is 16.4 Å². The third-order valence-electron chi connectivity index (χ3n) is 3.04. The zero-order valence-electron chi connectivity index (χ0n) is 13.0. The Hall–Kier alpha value is -1.93. The molecule has 0 atom stereocenters. The van der Waals surface area contributed by atoms with Crippen LogP contribution in [0.25, 0.3) is 11.5 Å². The van der Waals surface area contributed by atoms with Gasteiger partial charge in [-0.15, -0.1) is 0 Å². The fourth-order valence-corrected chi connectivity index (χ4v) is 2.76. The van der Waals surface area contributed by atoms with Crippen LogP contribution in [0.5, 0.6) is 5.75 Å². The average molecular weight is 325 g/mol. The van der Waals surface area contributed by atoms with Crippen LogP contribution in [-0.4, -0.2) is 43.6 Å². The van der Waals surface area contributed by atoms with Gasteiger partial charge in [0.25, 0.3) is 5.89 Å². The minimum Gasteiger partial charge on any atom is -0.493 e. The second-order valence-electron chi connectivity index (χ2n) is 4.75. The van der Waals surface area contributed by atoms with Crippen LogP contribution in [0.15, 0.2) is 27.6 Å². The summed E-state index contributed by atoms with van der Waals surface area (Å²) in [5.41, 5.74) is 0.469. The second-order valence-corrected chi connectivity index (χ2v) is 6.90. The Balaban J connectivity index is 2.58. The molecule has 7 nitrogen and oxygen atoms in total. The summed E-state index contributed by atoms with van der Waals surface area (Å²) >= 11 is 0. The summed E-state index contributed by atoms with van der Waals surface area (Å²) in [5.74, 6) is 1.31. The van der Waals surface area contributed by atoms with E-state index in [2.05, 4.69) is 10.1 Å². The number of aryl methyl sites for hydroxylation is 1. The van der Waals surface area contributed by atoms with Gasteiger partial charge in [0.05, 0.1) is 17.1 Å². The Kier molecular flexibility index (Phi) is 4.82. The van der Waals surface area contributed by atoms with E-state index in [1.54, 1.807) is 6.07 Å². The van der Waals surface area contributed by atoms with Gasteiger partial charge in [-0.05, 0) is 25.1 Å². The summed E-state index contributed by atoms with van der Waals surface area (Å²) < 4.78 is 36.4. The third kappa shape index (κ3) is 3.12. The van der Waals surface area contributed by atoms with Gasteiger partial charge in [0.2, 0.25) is 10.0 Å². The van der Waals surface area contributed by atoms with E-state index in [1.165, 1.54) is 26.2 Å². The van der Waals surface area contributed by atoms with Crippen LogP contribution in [0.2, 0.25) is 0 Å². The van der Waals surface area contributed by atoms with Gasteiger partial charge in [-0.2, -0.15) is 4.98 Å². The molecule has 0 saturated heterocycles. The SMILES string of the molecule is CCOc1ccc(S(=O)(=O)N(C)C)cc1-c1nc(CC)no1. The minimum atomic E-state index is -3.55. The van der Waals surface area contributed by atoms with E-state index in [4.69, 9.17) is 9.26 Å². The first-order valence-corrected chi connectivity index (χ1v) is 8.36. The van der Waals surface area contributed by atoms with E-state index in [0.717, 1.165) is 4.31 Å². The lowest BCUT2D eigenvalue weighted by Crippen LogP contribution is -2.22. The summed E-state index contributed by atoms with van der Waals surface area (Å²) in [6, 6.07) is 4.60. The van der Waals surface area contributed by atoms with E-state index in [9.17, 15) is 8.42 Å². The topological polar surface area (TPSA) is 85.5 Å². The molecular formula is C14H19N3O4S. The Bertz CT molecular complexity index is 753. The molecule has 2 rings (SSSR count).